The van der Waals surface area contributed by atoms with Crippen molar-refractivity contribution >= 4 is 5.97 Å². The summed E-state index contributed by atoms with van der Waals surface area (Å²) in [6.07, 6.45) is 7.66. The Hall–Kier alpha value is -2.67. The maximum Gasteiger partial charge on any atom is 0.356 e. The van der Waals surface area contributed by atoms with Crippen molar-refractivity contribution in [3.8, 4) is 11.5 Å². The first-order chi connectivity index (χ1) is 13.1. The molecular formula is C20H25N3O4. The Kier molecular flexibility index (Phi) is 6.24. The van der Waals surface area contributed by atoms with Crippen LogP contribution in [-0.2, 0) is 13.1 Å². The summed E-state index contributed by atoms with van der Waals surface area (Å²) in [4.78, 5) is 21.6. The maximum atomic E-state index is 11.0. The largest absolute Gasteiger partial charge is 0.493 e. The first-order valence-electron chi connectivity index (χ1n) is 9.10. The Morgan fingerprint density at radius 1 is 1.11 bits per heavy atom. The van der Waals surface area contributed by atoms with Crippen LogP contribution < -0.4 is 9.47 Å². The number of rotatable bonds is 8. The summed E-state index contributed by atoms with van der Waals surface area (Å²) in [6, 6.07) is 6.45. The van der Waals surface area contributed by atoms with E-state index >= 15 is 0 Å². The molecule has 3 rings (SSSR count). The van der Waals surface area contributed by atoms with Crippen molar-refractivity contribution in [2.75, 3.05) is 14.2 Å². The van der Waals surface area contributed by atoms with Gasteiger partial charge in [-0.15, -0.1) is 0 Å². The van der Waals surface area contributed by atoms with Crippen LogP contribution >= 0.6 is 0 Å². The van der Waals surface area contributed by atoms with Crippen LogP contribution in [0.4, 0.5) is 0 Å². The summed E-state index contributed by atoms with van der Waals surface area (Å²) >= 11 is 0. The first-order valence-corrected chi connectivity index (χ1v) is 9.10. The van der Waals surface area contributed by atoms with Gasteiger partial charge in [-0.2, -0.15) is 0 Å². The highest BCUT2D eigenvalue weighted by molar-refractivity contribution is 5.84. The molecule has 0 unspecified atom stereocenters. The van der Waals surface area contributed by atoms with E-state index in [2.05, 4.69) is 14.9 Å². The molecule has 2 aromatic rings. The van der Waals surface area contributed by atoms with Crippen molar-refractivity contribution in [3.05, 3.63) is 47.5 Å². The molecule has 0 amide bonds. The average Bonchev–Trinajstić information content (AvgIpc) is 3.22. The highest BCUT2D eigenvalue weighted by Crippen LogP contribution is 2.30. The van der Waals surface area contributed by atoms with Gasteiger partial charge in [-0.3, -0.25) is 9.88 Å². The summed E-state index contributed by atoms with van der Waals surface area (Å²) in [5.41, 5.74) is 1.87. The molecule has 144 valence electrons. The Bertz CT molecular complexity index is 773. The molecule has 1 N–H and O–H groups in total. The smallest absolute Gasteiger partial charge is 0.356 e. The van der Waals surface area contributed by atoms with Crippen LogP contribution in [0.15, 0.2) is 30.6 Å². The summed E-state index contributed by atoms with van der Waals surface area (Å²) in [5.74, 6) is 0.364. The van der Waals surface area contributed by atoms with E-state index in [1.165, 1.54) is 19.0 Å². The van der Waals surface area contributed by atoms with E-state index in [1.54, 1.807) is 20.4 Å². The SMILES string of the molecule is COc1ccc(CN(Cc2cnc(C(=O)O)cn2)C2CCCC2)cc1OC. The van der Waals surface area contributed by atoms with E-state index < -0.39 is 5.97 Å². The van der Waals surface area contributed by atoms with Gasteiger partial charge in [0, 0.05) is 19.1 Å². The lowest BCUT2D eigenvalue weighted by atomic mass is 10.1. The molecule has 0 spiro atoms. The minimum Gasteiger partial charge on any atom is -0.493 e. The average molecular weight is 371 g/mol. The molecule has 0 bridgehead atoms. The van der Waals surface area contributed by atoms with Gasteiger partial charge in [0.1, 0.15) is 0 Å². The molecule has 1 aliphatic carbocycles. The van der Waals surface area contributed by atoms with Gasteiger partial charge in [0.25, 0.3) is 0 Å². The standard InChI is InChI=1S/C20H25N3O4/c1-26-18-8-7-14(9-19(18)27-2)12-23(16-5-3-4-6-16)13-15-10-22-17(11-21-15)20(24)25/h7-11,16H,3-6,12-13H2,1-2H3,(H,24,25). The van der Waals surface area contributed by atoms with Crippen LogP contribution in [0, 0.1) is 0 Å². The number of aromatic carboxylic acids is 1. The number of hydrogen-bond donors (Lipinski definition) is 1. The highest BCUT2D eigenvalue weighted by Gasteiger charge is 2.24. The monoisotopic (exact) mass is 371 g/mol. The number of carboxylic acids is 1. The molecule has 1 aromatic carbocycles. The van der Waals surface area contributed by atoms with Gasteiger partial charge in [0.2, 0.25) is 0 Å². The van der Waals surface area contributed by atoms with Crippen LogP contribution in [0.5, 0.6) is 11.5 Å². The third kappa shape index (κ3) is 4.74. The molecule has 27 heavy (non-hydrogen) atoms. The Balaban J connectivity index is 1.78. The molecule has 0 radical (unpaired) electrons. The normalized spacial score (nSPS) is 14.5. The minimum atomic E-state index is -1.06. The minimum absolute atomic E-state index is 0.0361. The second-order valence-electron chi connectivity index (χ2n) is 6.73. The molecule has 0 aliphatic heterocycles. The predicted molar refractivity (Wildman–Crippen MR) is 100 cm³/mol. The van der Waals surface area contributed by atoms with Gasteiger partial charge >= 0.3 is 5.97 Å². The van der Waals surface area contributed by atoms with Crippen LogP contribution in [-0.4, -0.2) is 46.2 Å². The van der Waals surface area contributed by atoms with Crippen molar-refractivity contribution < 1.29 is 19.4 Å². The van der Waals surface area contributed by atoms with Crippen LogP contribution in [0.3, 0.4) is 0 Å². The van der Waals surface area contributed by atoms with Crippen LogP contribution in [0.25, 0.3) is 0 Å². The lowest BCUT2D eigenvalue weighted by Gasteiger charge is -2.28. The van der Waals surface area contributed by atoms with E-state index in [4.69, 9.17) is 14.6 Å². The third-order valence-corrected chi connectivity index (χ3v) is 4.96. The number of carboxylic acid groups (broad SMARTS) is 1. The van der Waals surface area contributed by atoms with E-state index in [0.29, 0.717) is 24.1 Å². The molecule has 1 fully saturated rings. The van der Waals surface area contributed by atoms with Crippen molar-refractivity contribution in [1.29, 1.82) is 0 Å². The fraction of sp³-hybridized carbons (Fsp3) is 0.450. The molecule has 1 saturated carbocycles. The number of aromatic nitrogens is 2. The molecule has 1 aromatic heterocycles. The zero-order valence-electron chi connectivity index (χ0n) is 15.7. The summed E-state index contributed by atoms with van der Waals surface area (Å²) in [7, 11) is 3.26. The molecule has 7 nitrogen and oxygen atoms in total. The van der Waals surface area contributed by atoms with Crippen LogP contribution in [0.1, 0.15) is 47.4 Å². The highest BCUT2D eigenvalue weighted by atomic mass is 16.5. The number of methoxy groups -OCH3 is 2. The van der Waals surface area contributed by atoms with Gasteiger partial charge in [-0.05, 0) is 30.5 Å². The van der Waals surface area contributed by atoms with E-state index in [0.717, 1.165) is 30.6 Å². The van der Waals surface area contributed by atoms with Gasteiger partial charge in [-0.1, -0.05) is 18.9 Å². The Morgan fingerprint density at radius 3 is 2.44 bits per heavy atom. The van der Waals surface area contributed by atoms with Gasteiger partial charge in [0.15, 0.2) is 17.2 Å². The second kappa shape index (κ2) is 8.81. The van der Waals surface area contributed by atoms with Crippen molar-refractivity contribution in [1.82, 2.24) is 14.9 Å². The van der Waals surface area contributed by atoms with Crippen molar-refractivity contribution in [2.24, 2.45) is 0 Å². The molecular weight excluding hydrogens is 346 g/mol. The molecule has 1 aliphatic rings. The van der Waals surface area contributed by atoms with Crippen molar-refractivity contribution in [3.63, 3.8) is 0 Å². The maximum absolute atomic E-state index is 11.0. The molecule has 1 heterocycles. The topological polar surface area (TPSA) is 84.8 Å². The lowest BCUT2D eigenvalue weighted by Crippen LogP contribution is -2.32. The quantitative estimate of drug-likeness (QED) is 0.763. The fourth-order valence-electron chi connectivity index (χ4n) is 3.55. The lowest BCUT2D eigenvalue weighted by molar-refractivity contribution is 0.0689. The molecule has 7 heteroatoms. The van der Waals surface area contributed by atoms with Crippen molar-refractivity contribution in [2.45, 2.75) is 44.8 Å². The van der Waals surface area contributed by atoms with Crippen LogP contribution in [0.2, 0.25) is 0 Å². The number of nitrogens with zero attached hydrogens (tertiary/aromatic N) is 3. The Labute approximate surface area is 159 Å². The second-order valence-corrected chi connectivity index (χ2v) is 6.73. The van der Waals surface area contributed by atoms with E-state index in [-0.39, 0.29) is 5.69 Å². The first kappa shape index (κ1) is 19.1. The summed E-state index contributed by atoms with van der Waals surface area (Å²) < 4.78 is 10.7. The fourth-order valence-corrected chi connectivity index (χ4v) is 3.55. The van der Waals surface area contributed by atoms with Gasteiger partial charge in [-0.25, -0.2) is 9.78 Å². The number of ether oxygens (including phenoxy) is 2. The number of benzene rings is 1. The van der Waals surface area contributed by atoms with E-state index in [1.807, 2.05) is 18.2 Å². The Morgan fingerprint density at radius 2 is 1.85 bits per heavy atom. The summed E-state index contributed by atoms with van der Waals surface area (Å²) in [5, 5.41) is 8.98. The third-order valence-electron chi connectivity index (χ3n) is 4.96. The number of carbonyl (C=O) groups is 1. The molecule has 0 atom stereocenters. The zero-order chi connectivity index (χ0) is 19.2. The van der Waals surface area contributed by atoms with E-state index in [9.17, 15) is 4.79 Å². The van der Waals surface area contributed by atoms with Gasteiger partial charge in [0.05, 0.1) is 32.3 Å². The summed E-state index contributed by atoms with van der Waals surface area (Å²) in [6.45, 7) is 1.39. The molecule has 0 saturated heterocycles. The zero-order valence-corrected chi connectivity index (χ0v) is 15.7. The predicted octanol–water partition coefficient (Wildman–Crippen LogP) is 3.14. The number of hydrogen-bond acceptors (Lipinski definition) is 6. The van der Waals surface area contributed by atoms with Gasteiger partial charge < -0.3 is 14.6 Å².